The number of aromatic nitrogens is 4. The van der Waals surface area contributed by atoms with Gasteiger partial charge in [-0.2, -0.15) is 9.78 Å². The van der Waals surface area contributed by atoms with Crippen LogP contribution in [0.5, 0.6) is 0 Å². The van der Waals surface area contributed by atoms with Crippen LogP contribution < -0.4 is 0 Å². The molecule has 31 heavy (non-hydrogen) atoms. The molecule has 6 heteroatoms. The number of likely N-dealkylation sites (tertiary alicyclic amines) is 1. The van der Waals surface area contributed by atoms with Crippen LogP contribution in [0.25, 0.3) is 16.9 Å². The molecule has 1 aliphatic carbocycles. The largest absolute Gasteiger partial charge is 0.336 e. The van der Waals surface area contributed by atoms with Gasteiger partial charge in [0.1, 0.15) is 0 Å². The van der Waals surface area contributed by atoms with Crippen LogP contribution in [0, 0.1) is 12.3 Å². The van der Waals surface area contributed by atoms with E-state index in [0.29, 0.717) is 12.0 Å². The molecule has 6 nitrogen and oxygen atoms in total. The summed E-state index contributed by atoms with van der Waals surface area (Å²) in [7, 11) is 0. The summed E-state index contributed by atoms with van der Waals surface area (Å²) in [5.41, 5.74) is 3.54. The Bertz CT molecular complexity index is 1120. The predicted molar refractivity (Wildman–Crippen MR) is 122 cm³/mol. The molecule has 2 aliphatic rings. The van der Waals surface area contributed by atoms with E-state index < -0.39 is 0 Å². The maximum atomic E-state index is 13.9. The van der Waals surface area contributed by atoms with Gasteiger partial charge in [-0.1, -0.05) is 26.8 Å². The van der Waals surface area contributed by atoms with Gasteiger partial charge in [0.2, 0.25) is 0 Å². The smallest absolute Gasteiger partial charge is 0.254 e. The first kappa shape index (κ1) is 20.2. The predicted octanol–water partition coefficient (Wildman–Crippen LogP) is 5.04. The maximum absolute atomic E-state index is 13.9. The van der Waals surface area contributed by atoms with E-state index in [1.165, 1.54) is 0 Å². The standard InChI is InChI=1S/C25H31N5O/c1-16-22-19(24(31)29-13-7-8-18(29)15-25(2,3)4)14-20(17-10-11-17)27-23(22)30(28-16)21-9-5-6-12-26-21/h5-6,9,12,14,17-18H,7-8,10-11,13,15H2,1-4H3. The van der Waals surface area contributed by atoms with Crippen molar-refractivity contribution in [3.8, 4) is 5.82 Å². The Kier molecular flexibility index (Phi) is 4.83. The molecule has 2 fully saturated rings. The van der Waals surface area contributed by atoms with Crippen molar-refractivity contribution < 1.29 is 4.79 Å². The van der Waals surface area contributed by atoms with Crippen LogP contribution in [0.3, 0.4) is 0 Å². The molecule has 4 heterocycles. The molecule has 1 unspecified atom stereocenters. The van der Waals surface area contributed by atoms with Crippen molar-refractivity contribution in [2.45, 2.75) is 71.8 Å². The second-order valence-electron chi connectivity index (χ2n) is 10.3. The minimum absolute atomic E-state index is 0.129. The Balaban J connectivity index is 1.63. The van der Waals surface area contributed by atoms with Crippen LogP contribution in [0.1, 0.15) is 80.5 Å². The molecule has 3 aromatic rings. The lowest BCUT2D eigenvalue weighted by Gasteiger charge is -2.30. The van der Waals surface area contributed by atoms with Gasteiger partial charge in [-0.3, -0.25) is 4.79 Å². The molecule has 0 aromatic carbocycles. The highest BCUT2D eigenvalue weighted by atomic mass is 16.2. The van der Waals surface area contributed by atoms with Gasteiger partial charge < -0.3 is 4.90 Å². The second-order valence-corrected chi connectivity index (χ2v) is 10.3. The molecule has 0 bridgehead atoms. The topological polar surface area (TPSA) is 63.9 Å². The van der Waals surface area contributed by atoms with Gasteiger partial charge in [0.05, 0.1) is 16.6 Å². The summed E-state index contributed by atoms with van der Waals surface area (Å²) in [6, 6.07) is 8.11. The molecule has 162 valence electrons. The summed E-state index contributed by atoms with van der Waals surface area (Å²) in [5, 5.41) is 5.61. The average molecular weight is 418 g/mol. The maximum Gasteiger partial charge on any atom is 0.254 e. The van der Waals surface area contributed by atoms with E-state index in [9.17, 15) is 4.79 Å². The normalized spacial score (nSPS) is 19.4. The number of pyridine rings is 2. The first-order valence-electron chi connectivity index (χ1n) is 11.4. The van der Waals surface area contributed by atoms with Gasteiger partial charge in [-0.15, -0.1) is 0 Å². The van der Waals surface area contributed by atoms with Crippen molar-refractivity contribution in [1.29, 1.82) is 0 Å². The lowest BCUT2D eigenvalue weighted by molar-refractivity contribution is 0.0706. The fourth-order valence-electron chi connectivity index (χ4n) is 4.88. The summed E-state index contributed by atoms with van der Waals surface area (Å²) in [6.07, 6.45) is 7.21. The average Bonchev–Trinajstić information content (AvgIpc) is 3.41. The van der Waals surface area contributed by atoms with Gasteiger partial charge in [-0.05, 0) is 62.6 Å². The van der Waals surface area contributed by atoms with Crippen molar-refractivity contribution in [2.24, 2.45) is 5.41 Å². The Morgan fingerprint density at radius 2 is 2.00 bits per heavy atom. The van der Waals surface area contributed by atoms with Gasteiger partial charge in [0.15, 0.2) is 11.5 Å². The molecule has 1 saturated heterocycles. The lowest BCUT2D eigenvalue weighted by Crippen LogP contribution is -2.38. The van der Waals surface area contributed by atoms with Gasteiger partial charge in [0.25, 0.3) is 5.91 Å². The number of fused-ring (bicyclic) bond motifs is 1. The summed E-state index contributed by atoms with van der Waals surface area (Å²) in [6.45, 7) is 9.56. The minimum Gasteiger partial charge on any atom is -0.336 e. The quantitative estimate of drug-likeness (QED) is 0.596. The summed E-state index contributed by atoms with van der Waals surface area (Å²) in [4.78, 5) is 25.4. The third-order valence-corrected chi connectivity index (χ3v) is 6.41. The van der Waals surface area contributed by atoms with Crippen molar-refractivity contribution in [3.63, 3.8) is 0 Å². The number of nitrogens with zero attached hydrogens (tertiary/aromatic N) is 5. The lowest BCUT2D eigenvalue weighted by atomic mass is 9.87. The number of amides is 1. The van der Waals surface area contributed by atoms with Crippen LogP contribution in [0.15, 0.2) is 30.5 Å². The summed E-state index contributed by atoms with van der Waals surface area (Å²) >= 11 is 0. The highest BCUT2D eigenvalue weighted by Crippen LogP contribution is 2.41. The summed E-state index contributed by atoms with van der Waals surface area (Å²) in [5.74, 6) is 1.31. The number of carbonyl (C=O) groups excluding carboxylic acids is 1. The van der Waals surface area contributed by atoms with E-state index in [4.69, 9.17) is 10.1 Å². The minimum atomic E-state index is 0.129. The molecule has 0 radical (unpaired) electrons. The Morgan fingerprint density at radius 1 is 1.19 bits per heavy atom. The Hall–Kier alpha value is -2.76. The highest BCUT2D eigenvalue weighted by Gasteiger charge is 2.35. The van der Waals surface area contributed by atoms with Crippen LogP contribution in [-0.4, -0.2) is 43.1 Å². The molecule has 0 spiro atoms. The zero-order chi connectivity index (χ0) is 21.8. The molecule has 1 atom stereocenters. The Morgan fingerprint density at radius 3 is 2.68 bits per heavy atom. The third kappa shape index (κ3) is 3.84. The van der Waals surface area contributed by atoms with Crippen LogP contribution in [0.2, 0.25) is 0 Å². The molecule has 1 amide bonds. The van der Waals surface area contributed by atoms with Gasteiger partial charge in [0, 0.05) is 30.4 Å². The van der Waals surface area contributed by atoms with Gasteiger partial charge >= 0.3 is 0 Å². The van der Waals surface area contributed by atoms with Crippen LogP contribution >= 0.6 is 0 Å². The number of aryl methyl sites for hydroxylation is 1. The number of hydrogen-bond acceptors (Lipinski definition) is 4. The summed E-state index contributed by atoms with van der Waals surface area (Å²) < 4.78 is 1.80. The fraction of sp³-hybridized carbons (Fsp3) is 0.520. The number of rotatable bonds is 4. The first-order valence-corrected chi connectivity index (χ1v) is 11.4. The van der Waals surface area contributed by atoms with Crippen molar-refractivity contribution in [2.75, 3.05) is 6.54 Å². The molecule has 1 aliphatic heterocycles. The second kappa shape index (κ2) is 7.43. The van der Waals surface area contributed by atoms with E-state index in [1.807, 2.05) is 31.2 Å². The SMILES string of the molecule is Cc1nn(-c2ccccn2)c2nc(C3CC3)cc(C(=O)N3CCCC3CC(C)(C)C)c12. The van der Waals surface area contributed by atoms with Crippen LogP contribution in [0.4, 0.5) is 0 Å². The molecule has 1 saturated carbocycles. The van der Waals surface area contributed by atoms with Gasteiger partial charge in [-0.25, -0.2) is 9.97 Å². The van der Waals surface area contributed by atoms with Crippen molar-refractivity contribution in [1.82, 2.24) is 24.6 Å². The third-order valence-electron chi connectivity index (χ3n) is 6.41. The Labute approximate surface area is 183 Å². The molecular formula is C25H31N5O. The van der Waals surface area contributed by atoms with Crippen molar-refractivity contribution >= 4 is 16.9 Å². The van der Waals surface area contributed by atoms with E-state index in [2.05, 4.69) is 30.7 Å². The van der Waals surface area contributed by atoms with E-state index in [1.54, 1.807) is 10.9 Å². The van der Waals surface area contributed by atoms with Crippen molar-refractivity contribution in [3.05, 3.63) is 47.4 Å². The van der Waals surface area contributed by atoms with Crippen LogP contribution in [-0.2, 0) is 0 Å². The number of hydrogen-bond donors (Lipinski definition) is 0. The van der Waals surface area contributed by atoms with E-state index >= 15 is 0 Å². The zero-order valence-corrected chi connectivity index (χ0v) is 18.9. The zero-order valence-electron chi connectivity index (χ0n) is 18.9. The molecule has 5 rings (SSSR count). The fourth-order valence-corrected chi connectivity index (χ4v) is 4.88. The monoisotopic (exact) mass is 417 g/mol. The first-order chi connectivity index (χ1) is 14.8. The molecule has 0 N–H and O–H groups in total. The molecular weight excluding hydrogens is 386 g/mol. The van der Waals surface area contributed by atoms with E-state index in [-0.39, 0.29) is 11.3 Å². The molecule has 3 aromatic heterocycles. The number of carbonyl (C=O) groups is 1. The highest BCUT2D eigenvalue weighted by molar-refractivity contribution is 6.07. The van der Waals surface area contributed by atoms with E-state index in [0.717, 1.165) is 72.5 Å².